The Hall–Kier alpha value is -0.740. The highest BCUT2D eigenvalue weighted by molar-refractivity contribution is 9.10. The molecule has 2 nitrogen and oxygen atoms in total. The summed E-state index contributed by atoms with van der Waals surface area (Å²) < 4.78 is 6.64. The molecule has 5 heteroatoms. The van der Waals surface area contributed by atoms with E-state index in [0.717, 1.165) is 22.2 Å². The summed E-state index contributed by atoms with van der Waals surface area (Å²) >= 11 is 15.3. The van der Waals surface area contributed by atoms with Crippen molar-refractivity contribution in [1.82, 2.24) is 0 Å². The van der Waals surface area contributed by atoms with Crippen LogP contribution in [0.4, 0.5) is 0 Å². The van der Waals surface area contributed by atoms with Crippen LogP contribution in [-0.2, 0) is 6.42 Å². The fourth-order valence-electron chi connectivity index (χ4n) is 1.62. The average molecular weight is 361 g/mol. The van der Waals surface area contributed by atoms with Gasteiger partial charge < -0.3 is 10.5 Å². The molecule has 2 rings (SSSR count). The van der Waals surface area contributed by atoms with Crippen LogP contribution in [-0.4, -0.2) is 6.54 Å². The maximum Gasteiger partial charge on any atom is 0.141 e. The lowest BCUT2D eigenvalue weighted by atomic mass is 10.1. The second-order valence-corrected chi connectivity index (χ2v) is 5.65. The second-order valence-electron chi connectivity index (χ2n) is 3.98. The van der Waals surface area contributed by atoms with Crippen molar-refractivity contribution < 1.29 is 4.74 Å². The predicted octanol–water partition coefficient (Wildman–Crippen LogP) is 5.05. The summed E-state index contributed by atoms with van der Waals surface area (Å²) in [5.74, 6) is 1.36. The lowest BCUT2D eigenvalue weighted by Gasteiger charge is -2.10. The second kappa shape index (κ2) is 6.62. The molecule has 0 heterocycles. The summed E-state index contributed by atoms with van der Waals surface area (Å²) in [5, 5.41) is 0.974. The Morgan fingerprint density at radius 3 is 2.47 bits per heavy atom. The average Bonchev–Trinajstić information content (AvgIpc) is 2.37. The Labute approximate surface area is 130 Å². The molecule has 0 amide bonds. The van der Waals surface area contributed by atoms with Crippen molar-refractivity contribution in [3.05, 3.63) is 56.5 Å². The van der Waals surface area contributed by atoms with Crippen LogP contribution in [0.2, 0.25) is 10.0 Å². The van der Waals surface area contributed by atoms with Crippen molar-refractivity contribution in [3.63, 3.8) is 0 Å². The van der Waals surface area contributed by atoms with E-state index in [4.69, 9.17) is 33.7 Å². The van der Waals surface area contributed by atoms with E-state index in [1.54, 1.807) is 18.2 Å². The molecule has 0 aliphatic rings. The zero-order chi connectivity index (χ0) is 13.8. The van der Waals surface area contributed by atoms with Gasteiger partial charge in [0.25, 0.3) is 0 Å². The normalized spacial score (nSPS) is 10.5. The van der Waals surface area contributed by atoms with E-state index in [2.05, 4.69) is 15.9 Å². The molecule has 0 spiro atoms. The molecule has 2 aromatic carbocycles. The molecule has 2 aromatic rings. The molecule has 0 radical (unpaired) electrons. The highest BCUT2D eigenvalue weighted by Gasteiger charge is 2.06. The minimum absolute atomic E-state index is 0.468. The van der Waals surface area contributed by atoms with Crippen LogP contribution in [0.15, 0.2) is 40.9 Å². The van der Waals surface area contributed by atoms with Crippen LogP contribution < -0.4 is 10.5 Å². The number of nitrogens with two attached hydrogens (primary N) is 1. The zero-order valence-electron chi connectivity index (χ0n) is 10.00. The summed E-state index contributed by atoms with van der Waals surface area (Å²) in [7, 11) is 0. The van der Waals surface area contributed by atoms with Gasteiger partial charge in [-0.3, -0.25) is 0 Å². The van der Waals surface area contributed by atoms with E-state index < -0.39 is 0 Å². The largest absolute Gasteiger partial charge is 0.456 e. The number of hydrogen-bond donors (Lipinski definition) is 1. The first kappa shape index (κ1) is 14.7. The number of halogens is 3. The molecule has 0 atom stereocenters. The quantitative estimate of drug-likeness (QED) is 0.827. The molecule has 0 unspecified atom stereocenters. The number of rotatable bonds is 4. The van der Waals surface area contributed by atoms with Crippen molar-refractivity contribution in [2.75, 3.05) is 6.54 Å². The van der Waals surface area contributed by atoms with Gasteiger partial charge in [-0.1, -0.05) is 29.3 Å². The Morgan fingerprint density at radius 1 is 1.05 bits per heavy atom. The topological polar surface area (TPSA) is 35.2 Å². The van der Waals surface area contributed by atoms with Gasteiger partial charge in [0.1, 0.15) is 11.5 Å². The fourth-order valence-corrected chi connectivity index (χ4v) is 2.41. The molecule has 0 aliphatic heterocycles. The Kier molecular flexibility index (Phi) is 5.11. The summed E-state index contributed by atoms with van der Waals surface area (Å²) in [6.45, 7) is 0.624. The molecule has 2 N–H and O–H groups in total. The lowest BCUT2D eigenvalue weighted by Crippen LogP contribution is -2.02. The molecular formula is C14H12BrCl2NO. The van der Waals surface area contributed by atoms with Crippen LogP contribution in [0.5, 0.6) is 11.5 Å². The highest BCUT2D eigenvalue weighted by Crippen LogP contribution is 2.33. The van der Waals surface area contributed by atoms with E-state index in [1.165, 1.54) is 0 Å². The van der Waals surface area contributed by atoms with Gasteiger partial charge in [-0.25, -0.2) is 0 Å². The van der Waals surface area contributed by atoms with E-state index >= 15 is 0 Å². The van der Waals surface area contributed by atoms with Crippen LogP contribution >= 0.6 is 39.1 Å². The zero-order valence-corrected chi connectivity index (χ0v) is 13.1. The van der Waals surface area contributed by atoms with Crippen LogP contribution in [0.3, 0.4) is 0 Å². The molecule has 19 heavy (non-hydrogen) atoms. The number of ether oxygens (including phenoxy) is 1. The minimum atomic E-state index is 0.468. The van der Waals surface area contributed by atoms with Crippen LogP contribution in [0.25, 0.3) is 0 Å². The lowest BCUT2D eigenvalue weighted by molar-refractivity contribution is 0.479. The number of hydrogen-bond acceptors (Lipinski definition) is 2. The van der Waals surface area contributed by atoms with E-state index in [9.17, 15) is 0 Å². The van der Waals surface area contributed by atoms with Crippen LogP contribution in [0.1, 0.15) is 5.56 Å². The van der Waals surface area contributed by atoms with Gasteiger partial charge >= 0.3 is 0 Å². The third-order valence-corrected chi connectivity index (χ3v) is 3.91. The Balaban J connectivity index is 2.20. The van der Waals surface area contributed by atoms with Crippen molar-refractivity contribution in [2.45, 2.75) is 6.42 Å². The molecule has 0 aromatic heterocycles. The fraction of sp³-hybridized carbons (Fsp3) is 0.143. The van der Waals surface area contributed by atoms with E-state index in [-0.39, 0.29) is 0 Å². The predicted molar refractivity (Wildman–Crippen MR) is 83.4 cm³/mol. The summed E-state index contributed by atoms with van der Waals surface area (Å²) in [5.41, 5.74) is 6.69. The van der Waals surface area contributed by atoms with Crippen molar-refractivity contribution >= 4 is 39.1 Å². The van der Waals surface area contributed by atoms with Gasteiger partial charge in [0.2, 0.25) is 0 Å². The van der Waals surface area contributed by atoms with Gasteiger partial charge in [-0.05, 0) is 58.7 Å². The Bertz CT molecular complexity index is 590. The summed E-state index contributed by atoms with van der Waals surface area (Å²) in [4.78, 5) is 0. The molecule has 100 valence electrons. The van der Waals surface area contributed by atoms with E-state index in [1.807, 2.05) is 18.2 Å². The first-order valence-electron chi connectivity index (χ1n) is 5.71. The van der Waals surface area contributed by atoms with E-state index in [0.29, 0.717) is 22.3 Å². The summed E-state index contributed by atoms with van der Waals surface area (Å²) in [6.07, 6.45) is 0.839. The standard InChI is InChI=1S/C14H12BrCl2NO/c15-11-7-9(5-6-18)1-4-14(11)19-10-2-3-12(16)13(17)8-10/h1-4,7-8H,5-6,18H2. The minimum Gasteiger partial charge on any atom is -0.456 e. The van der Waals surface area contributed by atoms with Crippen LogP contribution in [0, 0.1) is 0 Å². The third kappa shape index (κ3) is 3.86. The van der Waals surface area contributed by atoms with Gasteiger partial charge in [-0.2, -0.15) is 0 Å². The SMILES string of the molecule is NCCc1ccc(Oc2ccc(Cl)c(Cl)c2)c(Br)c1. The van der Waals surface area contributed by atoms with Gasteiger partial charge in [0.05, 0.1) is 14.5 Å². The van der Waals surface area contributed by atoms with Crippen molar-refractivity contribution in [2.24, 2.45) is 5.73 Å². The van der Waals surface area contributed by atoms with Gasteiger partial charge in [-0.15, -0.1) is 0 Å². The van der Waals surface area contributed by atoms with Crippen molar-refractivity contribution in [1.29, 1.82) is 0 Å². The molecule has 0 aliphatic carbocycles. The Morgan fingerprint density at radius 2 is 1.84 bits per heavy atom. The maximum atomic E-state index is 5.95. The first-order chi connectivity index (χ1) is 9.10. The highest BCUT2D eigenvalue weighted by atomic mass is 79.9. The molecule has 0 saturated carbocycles. The first-order valence-corrected chi connectivity index (χ1v) is 7.26. The molecule has 0 saturated heterocycles. The van der Waals surface area contributed by atoms with Crippen molar-refractivity contribution in [3.8, 4) is 11.5 Å². The maximum absolute atomic E-state index is 5.95. The third-order valence-electron chi connectivity index (χ3n) is 2.55. The van der Waals surface area contributed by atoms with Gasteiger partial charge in [0.15, 0.2) is 0 Å². The molecular weight excluding hydrogens is 349 g/mol. The van der Waals surface area contributed by atoms with Gasteiger partial charge in [0, 0.05) is 6.07 Å². The summed E-state index contributed by atoms with van der Waals surface area (Å²) in [6, 6.07) is 11.1. The number of benzene rings is 2. The molecule has 0 bridgehead atoms. The monoisotopic (exact) mass is 359 g/mol. The smallest absolute Gasteiger partial charge is 0.141 e. The molecule has 0 fully saturated rings.